The van der Waals surface area contributed by atoms with Crippen LogP contribution in [0.3, 0.4) is 0 Å². The van der Waals surface area contributed by atoms with Crippen LogP contribution in [0, 0.1) is 0 Å². The molecule has 0 unspecified atom stereocenters. The fourth-order valence-corrected chi connectivity index (χ4v) is 2.54. The van der Waals surface area contributed by atoms with E-state index in [2.05, 4.69) is 10.8 Å². The number of hydrogen-bond acceptors (Lipinski definition) is 5. The minimum Gasteiger partial charge on any atom is -0.481 e. The second-order valence-corrected chi connectivity index (χ2v) is 6.32. The lowest BCUT2D eigenvalue weighted by Crippen LogP contribution is -2.33. The van der Waals surface area contributed by atoms with Gasteiger partial charge in [-0.15, -0.1) is 0 Å². The molecule has 2 aromatic rings. The number of amides is 1. The van der Waals surface area contributed by atoms with Crippen molar-refractivity contribution >= 4 is 12.1 Å². The van der Waals surface area contributed by atoms with E-state index in [0.717, 1.165) is 11.1 Å². The molecule has 1 atom stereocenters. The number of alkyl carbamates (subject to hydrolysis) is 1. The van der Waals surface area contributed by atoms with Crippen molar-refractivity contribution in [1.29, 1.82) is 0 Å². The molecule has 0 aliphatic carbocycles. The molecule has 0 saturated heterocycles. The predicted octanol–water partition coefficient (Wildman–Crippen LogP) is 3.26. The van der Waals surface area contributed by atoms with E-state index in [1.807, 2.05) is 60.7 Å². The number of carboxylic acid groups (broad SMARTS) is 1. The summed E-state index contributed by atoms with van der Waals surface area (Å²) < 4.78 is 5.13. The van der Waals surface area contributed by atoms with Crippen molar-refractivity contribution in [2.24, 2.45) is 0 Å². The highest BCUT2D eigenvalue weighted by atomic mass is 16.6. The van der Waals surface area contributed by atoms with Gasteiger partial charge in [-0.3, -0.25) is 9.63 Å². The maximum Gasteiger partial charge on any atom is 0.407 e. The van der Waals surface area contributed by atoms with Gasteiger partial charge in [-0.25, -0.2) is 4.79 Å². The van der Waals surface area contributed by atoms with E-state index in [4.69, 9.17) is 14.7 Å². The lowest BCUT2D eigenvalue weighted by Gasteiger charge is -2.17. The van der Waals surface area contributed by atoms with Crippen LogP contribution < -0.4 is 10.8 Å². The zero-order valence-corrected chi connectivity index (χ0v) is 15.7. The zero-order valence-electron chi connectivity index (χ0n) is 15.7. The minimum absolute atomic E-state index is 0.0623. The van der Waals surface area contributed by atoms with Crippen molar-refractivity contribution in [3.8, 4) is 0 Å². The molecule has 7 nitrogen and oxygen atoms in total. The molecule has 0 fully saturated rings. The highest BCUT2D eigenvalue weighted by Crippen LogP contribution is 2.05. The number of nitrogens with one attached hydrogen (secondary N) is 2. The van der Waals surface area contributed by atoms with Gasteiger partial charge in [-0.1, -0.05) is 60.7 Å². The molecule has 28 heavy (non-hydrogen) atoms. The molecule has 150 valence electrons. The standard InChI is InChI=1S/C21H26N2O5/c24-20(25)14-19(23-28-16-18-10-5-2-6-11-18)12-7-13-22-21(26)27-15-17-8-3-1-4-9-17/h1-6,8-11,19,23H,7,12-16H2,(H,22,26)(H,24,25)/t19-/m0/s1. The van der Waals surface area contributed by atoms with Crippen molar-refractivity contribution in [3.05, 3.63) is 71.8 Å². The monoisotopic (exact) mass is 386 g/mol. The summed E-state index contributed by atoms with van der Waals surface area (Å²) >= 11 is 0. The Morgan fingerprint density at radius 1 is 0.929 bits per heavy atom. The van der Waals surface area contributed by atoms with Crippen LogP contribution in [0.25, 0.3) is 0 Å². The van der Waals surface area contributed by atoms with Gasteiger partial charge in [-0.05, 0) is 24.0 Å². The molecule has 0 spiro atoms. The Hall–Kier alpha value is -2.90. The molecule has 3 N–H and O–H groups in total. The van der Waals surface area contributed by atoms with Crippen LogP contribution in [0.5, 0.6) is 0 Å². The molecule has 1 amide bonds. The number of hydroxylamine groups is 1. The van der Waals surface area contributed by atoms with Crippen molar-refractivity contribution < 1.29 is 24.3 Å². The number of carboxylic acids is 1. The lowest BCUT2D eigenvalue weighted by molar-refractivity contribution is -0.138. The van der Waals surface area contributed by atoms with E-state index < -0.39 is 12.1 Å². The molecule has 0 aliphatic rings. The van der Waals surface area contributed by atoms with Gasteiger partial charge in [0.15, 0.2) is 0 Å². The van der Waals surface area contributed by atoms with E-state index in [0.29, 0.717) is 26.0 Å². The number of hydrogen-bond donors (Lipinski definition) is 3. The molecule has 0 saturated carbocycles. The second-order valence-electron chi connectivity index (χ2n) is 6.32. The predicted molar refractivity (Wildman–Crippen MR) is 104 cm³/mol. The highest BCUT2D eigenvalue weighted by Gasteiger charge is 2.13. The molecule has 7 heteroatoms. The highest BCUT2D eigenvalue weighted by molar-refractivity contribution is 5.67. The van der Waals surface area contributed by atoms with Crippen LogP contribution in [0.4, 0.5) is 4.79 Å². The van der Waals surface area contributed by atoms with Crippen LogP contribution in [0.1, 0.15) is 30.4 Å². The second kappa shape index (κ2) is 12.5. The van der Waals surface area contributed by atoms with Crippen LogP contribution in [-0.4, -0.2) is 29.8 Å². The van der Waals surface area contributed by atoms with E-state index in [9.17, 15) is 9.59 Å². The largest absolute Gasteiger partial charge is 0.481 e. The number of carbonyl (C=O) groups excluding carboxylic acids is 1. The first-order valence-corrected chi connectivity index (χ1v) is 9.21. The SMILES string of the molecule is O=C(O)C[C@H](CCCNC(=O)OCc1ccccc1)NOCc1ccccc1. The fraction of sp³-hybridized carbons (Fsp3) is 0.333. The Morgan fingerprint density at radius 2 is 1.54 bits per heavy atom. The van der Waals surface area contributed by atoms with Crippen molar-refractivity contribution in [2.45, 2.75) is 38.5 Å². The van der Waals surface area contributed by atoms with Gasteiger partial charge in [0.25, 0.3) is 0 Å². The summed E-state index contributed by atoms with van der Waals surface area (Å²) in [7, 11) is 0. The van der Waals surface area contributed by atoms with Gasteiger partial charge in [0.1, 0.15) is 6.61 Å². The molecule has 0 bridgehead atoms. The zero-order chi connectivity index (χ0) is 20.0. The number of aliphatic carboxylic acids is 1. The van der Waals surface area contributed by atoms with Gasteiger partial charge >= 0.3 is 12.1 Å². The average Bonchev–Trinajstić information content (AvgIpc) is 2.70. The summed E-state index contributed by atoms with van der Waals surface area (Å²) in [5.74, 6) is -0.906. The molecular formula is C21H26N2O5. The summed E-state index contributed by atoms with van der Waals surface area (Å²) in [6.07, 6.45) is 0.583. The molecule has 0 aromatic heterocycles. The molecule has 0 heterocycles. The third-order valence-corrected chi connectivity index (χ3v) is 3.96. The normalized spacial score (nSPS) is 11.6. The first-order chi connectivity index (χ1) is 13.6. The summed E-state index contributed by atoms with van der Waals surface area (Å²) in [5, 5.41) is 11.7. The first-order valence-electron chi connectivity index (χ1n) is 9.21. The Labute approximate surface area is 164 Å². The third kappa shape index (κ3) is 9.16. The van der Waals surface area contributed by atoms with Crippen LogP contribution in [0.2, 0.25) is 0 Å². The summed E-state index contributed by atoms with van der Waals surface area (Å²) in [6.45, 7) is 0.953. The quantitative estimate of drug-likeness (QED) is 0.383. The Morgan fingerprint density at radius 3 is 2.14 bits per heavy atom. The topological polar surface area (TPSA) is 96.9 Å². The van der Waals surface area contributed by atoms with Crippen molar-refractivity contribution in [1.82, 2.24) is 10.8 Å². The number of carbonyl (C=O) groups is 2. The van der Waals surface area contributed by atoms with E-state index in [1.54, 1.807) is 0 Å². The molecule has 0 aliphatic heterocycles. The minimum atomic E-state index is -0.906. The maximum atomic E-state index is 11.7. The van der Waals surface area contributed by atoms with Crippen LogP contribution in [-0.2, 0) is 27.6 Å². The Bertz CT molecular complexity index is 709. The summed E-state index contributed by atoms with van der Waals surface area (Å²) in [4.78, 5) is 28.1. The fourth-order valence-electron chi connectivity index (χ4n) is 2.54. The van der Waals surface area contributed by atoms with Gasteiger partial charge in [0.2, 0.25) is 0 Å². The Kier molecular flexibility index (Phi) is 9.54. The molecule has 2 aromatic carbocycles. The molecular weight excluding hydrogens is 360 g/mol. The maximum absolute atomic E-state index is 11.7. The Balaban J connectivity index is 1.62. The van der Waals surface area contributed by atoms with Crippen LogP contribution >= 0.6 is 0 Å². The smallest absolute Gasteiger partial charge is 0.407 e. The van der Waals surface area contributed by atoms with E-state index in [1.165, 1.54) is 0 Å². The number of benzene rings is 2. The van der Waals surface area contributed by atoms with E-state index in [-0.39, 0.29) is 19.1 Å². The van der Waals surface area contributed by atoms with Gasteiger partial charge < -0.3 is 15.2 Å². The average molecular weight is 386 g/mol. The van der Waals surface area contributed by atoms with E-state index >= 15 is 0 Å². The number of ether oxygens (including phenoxy) is 1. The molecule has 0 radical (unpaired) electrons. The van der Waals surface area contributed by atoms with Crippen molar-refractivity contribution in [3.63, 3.8) is 0 Å². The lowest BCUT2D eigenvalue weighted by atomic mass is 10.1. The summed E-state index contributed by atoms with van der Waals surface area (Å²) in [5.41, 5.74) is 4.72. The van der Waals surface area contributed by atoms with Crippen LogP contribution in [0.15, 0.2) is 60.7 Å². The third-order valence-electron chi connectivity index (χ3n) is 3.96. The van der Waals surface area contributed by atoms with Gasteiger partial charge in [-0.2, -0.15) is 5.48 Å². The first kappa shape index (κ1) is 21.4. The number of rotatable bonds is 12. The molecule has 2 rings (SSSR count). The van der Waals surface area contributed by atoms with Crippen molar-refractivity contribution in [2.75, 3.05) is 6.54 Å². The van der Waals surface area contributed by atoms with Gasteiger partial charge in [0.05, 0.1) is 13.0 Å². The van der Waals surface area contributed by atoms with Gasteiger partial charge in [0, 0.05) is 12.6 Å². The summed E-state index contributed by atoms with van der Waals surface area (Å²) in [6, 6.07) is 18.7.